The molecule has 86 valence electrons. The van der Waals surface area contributed by atoms with E-state index in [2.05, 4.69) is 20.6 Å². The first-order valence-electron chi connectivity index (χ1n) is 4.80. The van der Waals surface area contributed by atoms with Gasteiger partial charge in [-0.25, -0.2) is 0 Å². The van der Waals surface area contributed by atoms with E-state index in [1.165, 1.54) is 23.9 Å². The molecule has 0 aromatic carbocycles. The third kappa shape index (κ3) is 1.89. The third-order valence-corrected chi connectivity index (χ3v) is 2.99. The number of rotatable bonds is 3. The van der Waals surface area contributed by atoms with Crippen molar-refractivity contribution in [1.29, 1.82) is 0 Å². The van der Waals surface area contributed by atoms with Gasteiger partial charge in [0, 0.05) is 0 Å². The van der Waals surface area contributed by atoms with Crippen LogP contribution in [0.25, 0.3) is 4.96 Å². The molecule has 0 fully saturated rings. The predicted molar refractivity (Wildman–Crippen MR) is 58.5 cm³/mol. The molecule has 1 amide bonds. The van der Waals surface area contributed by atoms with E-state index in [-0.39, 0.29) is 11.7 Å². The van der Waals surface area contributed by atoms with E-state index in [9.17, 15) is 4.79 Å². The van der Waals surface area contributed by atoms with Gasteiger partial charge in [-0.3, -0.25) is 4.79 Å². The van der Waals surface area contributed by atoms with E-state index in [1.807, 2.05) is 0 Å². The molecule has 0 atom stereocenters. The molecule has 0 saturated carbocycles. The Labute approximate surface area is 99.1 Å². The minimum absolute atomic E-state index is 0.263. The largest absolute Gasteiger partial charge is 0.459 e. The minimum Gasteiger partial charge on any atom is -0.459 e. The highest BCUT2D eigenvalue weighted by molar-refractivity contribution is 7.16. The van der Waals surface area contributed by atoms with Crippen LogP contribution in [0.4, 0.5) is 0 Å². The highest BCUT2D eigenvalue weighted by Crippen LogP contribution is 2.11. The summed E-state index contributed by atoms with van der Waals surface area (Å²) in [7, 11) is 0. The molecule has 0 aliphatic carbocycles. The van der Waals surface area contributed by atoms with Crippen molar-refractivity contribution < 1.29 is 9.21 Å². The number of fused-ring (bicyclic) bond motifs is 1. The van der Waals surface area contributed by atoms with Gasteiger partial charge in [0.1, 0.15) is 11.3 Å². The number of carbonyl (C=O) groups excluding carboxylic acids is 1. The standard InChI is InChI=1S/C9H7N5O2S/c15-8(6-2-1-3-16-6)10-4-7-13-14-5-11-12-9(14)17-7/h1-3,5H,4H2,(H,10,15). The van der Waals surface area contributed by atoms with E-state index in [1.54, 1.807) is 16.6 Å². The molecule has 0 aliphatic rings. The molecular formula is C9H7N5O2S. The maximum Gasteiger partial charge on any atom is 0.287 e. The number of nitrogens with one attached hydrogen (secondary N) is 1. The molecule has 3 rings (SSSR count). The number of nitrogens with zero attached hydrogens (tertiary/aromatic N) is 4. The zero-order valence-corrected chi connectivity index (χ0v) is 9.35. The Morgan fingerprint density at radius 1 is 1.59 bits per heavy atom. The van der Waals surface area contributed by atoms with Crippen LogP contribution in [0.1, 0.15) is 15.6 Å². The summed E-state index contributed by atoms with van der Waals surface area (Å²) in [6.07, 6.45) is 2.97. The summed E-state index contributed by atoms with van der Waals surface area (Å²) in [4.78, 5) is 12.3. The predicted octanol–water partition coefficient (Wildman–Crippen LogP) is 0.709. The second kappa shape index (κ2) is 3.98. The van der Waals surface area contributed by atoms with E-state index in [0.717, 1.165) is 5.01 Å². The molecule has 0 spiro atoms. The molecule has 3 aromatic rings. The van der Waals surface area contributed by atoms with Crippen molar-refractivity contribution in [2.24, 2.45) is 0 Å². The molecule has 3 aromatic heterocycles. The molecule has 3 heterocycles. The summed E-state index contributed by atoms with van der Waals surface area (Å²) in [6, 6.07) is 3.27. The van der Waals surface area contributed by atoms with Crippen molar-refractivity contribution in [3.8, 4) is 0 Å². The molecule has 17 heavy (non-hydrogen) atoms. The van der Waals surface area contributed by atoms with Crippen molar-refractivity contribution in [1.82, 2.24) is 25.1 Å². The van der Waals surface area contributed by atoms with Crippen molar-refractivity contribution >= 4 is 22.2 Å². The van der Waals surface area contributed by atoms with Gasteiger partial charge in [0.25, 0.3) is 5.91 Å². The van der Waals surface area contributed by atoms with Gasteiger partial charge in [-0.1, -0.05) is 11.3 Å². The fourth-order valence-corrected chi connectivity index (χ4v) is 2.08. The number of amides is 1. The lowest BCUT2D eigenvalue weighted by Crippen LogP contribution is -2.22. The van der Waals surface area contributed by atoms with E-state index >= 15 is 0 Å². The minimum atomic E-state index is -0.263. The molecule has 0 unspecified atom stereocenters. The van der Waals surface area contributed by atoms with Crippen LogP contribution in [0, 0.1) is 0 Å². The SMILES string of the molecule is O=C(NCc1nn2cnnc2s1)c1ccco1. The number of hydrogen-bond donors (Lipinski definition) is 1. The Bertz CT molecular complexity index is 613. The average molecular weight is 249 g/mol. The van der Waals surface area contributed by atoms with Crippen LogP contribution in [0.5, 0.6) is 0 Å². The second-order valence-electron chi connectivity index (χ2n) is 3.21. The highest BCUT2D eigenvalue weighted by atomic mass is 32.1. The molecule has 0 radical (unpaired) electrons. The van der Waals surface area contributed by atoms with E-state index in [0.29, 0.717) is 11.5 Å². The first kappa shape index (κ1) is 9.97. The molecule has 7 nitrogen and oxygen atoms in total. The number of aromatic nitrogens is 4. The zero-order valence-electron chi connectivity index (χ0n) is 8.53. The zero-order chi connectivity index (χ0) is 11.7. The fraction of sp³-hybridized carbons (Fsp3) is 0.111. The number of furan rings is 1. The summed E-state index contributed by atoms with van der Waals surface area (Å²) < 4.78 is 6.54. The molecule has 0 saturated heterocycles. The quantitative estimate of drug-likeness (QED) is 0.738. The molecule has 8 heteroatoms. The molecule has 0 aliphatic heterocycles. The average Bonchev–Trinajstić information content (AvgIpc) is 3.01. The van der Waals surface area contributed by atoms with Gasteiger partial charge in [0.15, 0.2) is 5.76 Å². The van der Waals surface area contributed by atoms with Crippen molar-refractivity contribution in [3.05, 3.63) is 35.5 Å². The van der Waals surface area contributed by atoms with Crippen LogP contribution in [0.3, 0.4) is 0 Å². The summed E-state index contributed by atoms with van der Waals surface area (Å²) >= 11 is 1.38. The van der Waals surface area contributed by atoms with Gasteiger partial charge in [-0.2, -0.15) is 9.61 Å². The van der Waals surface area contributed by atoms with Gasteiger partial charge in [0.2, 0.25) is 4.96 Å². The lowest BCUT2D eigenvalue weighted by atomic mass is 10.4. The molecular weight excluding hydrogens is 242 g/mol. The first-order chi connectivity index (χ1) is 8.33. The first-order valence-corrected chi connectivity index (χ1v) is 5.62. The summed E-state index contributed by atoms with van der Waals surface area (Å²) in [5.41, 5.74) is 0. The Morgan fingerprint density at radius 3 is 3.29 bits per heavy atom. The normalized spacial score (nSPS) is 10.8. The van der Waals surface area contributed by atoms with Crippen molar-refractivity contribution in [3.63, 3.8) is 0 Å². The van der Waals surface area contributed by atoms with Crippen LogP contribution < -0.4 is 5.32 Å². The number of hydrogen-bond acceptors (Lipinski definition) is 6. The van der Waals surface area contributed by atoms with Crippen LogP contribution in [0.15, 0.2) is 29.1 Å². The summed E-state index contributed by atoms with van der Waals surface area (Å²) in [5.74, 6) is 0.0222. The Balaban J connectivity index is 1.68. The smallest absolute Gasteiger partial charge is 0.287 e. The van der Waals surface area contributed by atoms with E-state index in [4.69, 9.17) is 4.42 Å². The van der Waals surface area contributed by atoms with Crippen LogP contribution in [-0.4, -0.2) is 25.7 Å². The maximum absolute atomic E-state index is 11.6. The van der Waals surface area contributed by atoms with Crippen molar-refractivity contribution in [2.75, 3.05) is 0 Å². The third-order valence-electron chi connectivity index (χ3n) is 2.07. The van der Waals surface area contributed by atoms with Gasteiger partial charge < -0.3 is 9.73 Å². The topological polar surface area (TPSA) is 85.3 Å². The number of carbonyl (C=O) groups is 1. The Morgan fingerprint density at radius 2 is 2.53 bits per heavy atom. The van der Waals surface area contributed by atoms with Gasteiger partial charge in [-0.15, -0.1) is 10.2 Å². The Hall–Kier alpha value is -2.22. The lowest BCUT2D eigenvalue weighted by Gasteiger charge is -1.98. The van der Waals surface area contributed by atoms with Gasteiger partial charge >= 0.3 is 0 Å². The summed E-state index contributed by atoms with van der Waals surface area (Å²) in [6.45, 7) is 0.341. The molecule has 0 bridgehead atoms. The molecule has 1 N–H and O–H groups in total. The maximum atomic E-state index is 11.6. The monoisotopic (exact) mass is 249 g/mol. The van der Waals surface area contributed by atoms with Gasteiger partial charge in [0.05, 0.1) is 12.8 Å². The van der Waals surface area contributed by atoms with Crippen molar-refractivity contribution in [2.45, 2.75) is 6.54 Å². The highest BCUT2D eigenvalue weighted by Gasteiger charge is 2.10. The van der Waals surface area contributed by atoms with Gasteiger partial charge in [-0.05, 0) is 12.1 Å². The second-order valence-corrected chi connectivity index (χ2v) is 4.25. The van der Waals surface area contributed by atoms with E-state index < -0.39 is 0 Å². The Kier molecular flexibility index (Phi) is 2.33. The van der Waals surface area contributed by atoms with Crippen LogP contribution >= 0.6 is 11.3 Å². The fourth-order valence-electron chi connectivity index (χ4n) is 1.32. The van der Waals surface area contributed by atoms with Crippen LogP contribution in [0.2, 0.25) is 0 Å². The van der Waals surface area contributed by atoms with Crippen LogP contribution in [-0.2, 0) is 6.54 Å². The summed E-state index contributed by atoms with van der Waals surface area (Å²) in [5, 5.41) is 15.2. The lowest BCUT2D eigenvalue weighted by molar-refractivity contribution is 0.0923.